The Morgan fingerprint density at radius 2 is 2.33 bits per heavy atom. The van der Waals surface area contributed by atoms with Crippen molar-refractivity contribution >= 4 is 5.96 Å². The molecule has 2 unspecified atom stereocenters. The lowest BCUT2D eigenvalue weighted by Crippen LogP contribution is -2.48. The molecule has 0 radical (unpaired) electrons. The number of guanidine groups is 1. The van der Waals surface area contributed by atoms with Crippen LogP contribution >= 0.6 is 0 Å². The second kappa shape index (κ2) is 10.1. The summed E-state index contributed by atoms with van der Waals surface area (Å²) in [7, 11) is 3.70. The Morgan fingerprint density at radius 1 is 1.44 bits per heavy atom. The number of aromatic nitrogens is 2. The third-order valence-corrected chi connectivity index (χ3v) is 5.33. The van der Waals surface area contributed by atoms with E-state index in [9.17, 15) is 0 Å². The van der Waals surface area contributed by atoms with Crippen molar-refractivity contribution in [2.75, 3.05) is 59.6 Å². The summed E-state index contributed by atoms with van der Waals surface area (Å²) in [6, 6.07) is 0.518. The Bertz CT molecular complexity index is 605. The predicted molar refractivity (Wildman–Crippen MR) is 106 cm³/mol. The summed E-state index contributed by atoms with van der Waals surface area (Å²) < 4.78 is 13.0. The number of hydrogen-bond donors (Lipinski definition) is 1. The van der Waals surface area contributed by atoms with E-state index in [2.05, 4.69) is 27.1 Å². The van der Waals surface area contributed by atoms with Crippen LogP contribution in [0.1, 0.15) is 31.4 Å². The molecule has 3 rings (SSSR count). The van der Waals surface area contributed by atoms with Gasteiger partial charge in [0.05, 0.1) is 32.5 Å². The summed E-state index contributed by atoms with van der Waals surface area (Å²) in [5.74, 6) is 0.994. The molecule has 2 atom stereocenters. The number of methoxy groups -OCH3 is 1. The Labute approximate surface area is 162 Å². The van der Waals surface area contributed by atoms with Gasteiger partial charge in [0, 0.05) is 51.6 Å². The van der Waals surface area contributed by atoms with Gasteiger partial charge in [-0.15, -0.1) is 0 Å². The molecule has 2 aliphatic heterocycles. The first-order valence-corrected chi connectivity index (χ1v) is 10.1. The molecule has 27 heavy (non-hydrogen) atoms. The van der Waals surface area contributed by atoms with Gasteiger partial charge in [-0.3, -0.25) is 14.6 Å². The zero-order valence-corrected chi connectivity index (χ0v) is 16.9. The quantitative estimate of drug-likeness (QED) is 0.561. The largest absolute Gasteiger partial charge is 0.383 e. The van der Waals surface area contributed by atoms with Crippen molar-refractivity contribution in [1.29, 1.82) is 0 Å². The maximum absolute atomic E-state index is 5.98. The number of aliphatic imine (C=N–C) groups is 1. The van der Waals surface area contributed by atoms with Crippen LogP contribution in [0.2, 0.25) is 0 Å². The van der Waals surface area contributed by atoms with Crippen LogP contribution in [0.5, 0.6) is 0 Å². The monoisotopic (exact) mass is 378 g/mol. The fourth-order valence-corrected chi connectivity index (χ4v) is 3.87. The average molecular weight is 379 g/mol. The highest BCUT2D eigenvalue weighted by atomic mass is 16.5. The van der Waals surface area contributed by atoms with Crippen molar-refractivity contribution in [1.82, 2.24) is 24.9 Å². The molecule has 2 fully saturated rings. The Hall–Kier alpha value is -1.64. The first-order valence-electron chi connectivity index (χ1n) is 10.1. The zero-order chi connectivity index (χ0) is 19.1. The van der Waals surface area contributed by atoms with Crippen LogP contribution in [0.15, 0.2) is 17.4 Å². The maximum atomic E-state index is 5.98. The molecule has 0 amide bonds. The summed E-state index contributed by atoms with van der Waals surface area (Å²) in [5.41, 5.74) is 1.12. The van der Waals surface area contributed by atoms with E-state index in [0.29, 0.717) is 12.6 Å². The molecule has 8 nitrogen and oxygen atoms in total. The van der Waals surface area contributed by atoms with Crippen molar-refractivity contribution in [2.45, 2.75) is 31.9 Å². The number of nitrogens with one attached hydrogen (secondary N) is 1. The number of rotatable bonds is 7. The van der Waals surface area contributed by atoms with E-state index in [0.717, 1.165) is 57.4 Å². The molecule has 8 heteroatoms. The molecular formula is C19H34N6O2. The second-order valence-electron chi connectivity index (χ2n) is 7.27. The Kier molecular flexibility index (Phi) is 7.49. The minimum Gasteiger partial charge on any atom is -0.383 e. The molecule has 0 bridgehead atoms. The molecule has 0 aromatic carbocycles. The summed E-state index contributed by atoms with van der Waals surface area (Å²) in [6.07, 6.45) is 6.44. The molecule has 3 heterocycles. The van der Waals surface area contributed by atoms with Crippen LogP contribution < -0.4 is 5.32 Å². The molecule has 2 aliphatic rings. The van der Waals surface area contributed by atoms with E-state index in [-0.39, 0.29) is 6.10 Å². The third-order valence-electron chi connectivity index (χ3n) is 5.33. The summed E-state index contributed by atoms with van der Waals surface area (Å²) >= 11 is 0. The van der Waals surface area contributed by atoms with E-state index in [1.807, 2.05) is 24.1 Å². The highest BCUT2D eigenvalue weighted by Gasteiger charge is 2.27. The number of ether oxygens (including phenoxy) is 2. The van der Waals surface area contributed by atoms with Crippen LogP contribution in [-0.4, -0.2) is 91.2 Å². The standard InChI is InChI=1S/C19H34N6O2/c1-4-20-19(21-13-17-6-5-7-24(17)8-10-26-3)25-9-11-27-18(15-25)16-12-22-23(2)14-16/h12,14,17-18H,4-11,13,15H2,1-3H3,(H,20,21). The molecule has 1 aromatic heterocycles. The first-order chi connectivity index (χ1) is 13.2. The van der Waals surface area contributed by atoms with E-state index >= 15 is 0 Å². The summed E-state index contributed by atoms with van der Waals surface area (Å²) in [4.78, 5) is 9.81. The van der Waals surface area contributed by atoms with Gasteiger partial charge in [-0.1, -0.05) is 0 Å². The topological polar surface area (TPSA) is 67.2 Å². The molecule has 2 saturated heterocycles. The average Bonchev–Trinajstić information content (AvgIpc) is 3.32. The highest BCUT2D eigenvalue weighted by Crippen LogP contribution is 2.22. The fraction of sp³-hybridized carbons (Fsp3) is 0.789. The second-order valence-corrected chi connectivity index (χ2v) is 7.27. The molecular weight excluding hydrogens is 344 g/mol. The van der Waals surface area contributed by atoms with Crippen molar-refractivity contribution < 1.29 is 9.47 Å². The Balaban J connectivity index is 1.62. The maximum Gasteiger partial charge on any atom is 0.194 e. The summed E-state index contributed by atoms with van der Waals surface area (Å²) in [6.45, 7) is 9.12. The minimum atomic E-state index is 0.0426. The molecule has 152 valence electrons. The normalized spacial score (nSPS) is 24.6. The third kappa shape index (κ3) is 5.43. The van der Waals surface area contributed by atoms with Gasteiger partial charge in [0.15, 0.2) is 5.96 Å². The lowest BCUT2D eigenvalue weighted by molar-refractivity contribution is -0.00807. The van der Waals surface area contributed by atoms with Gasteiger partial charge in [0.2, 0.25) is 0 Å². The van der Waals surface area contributed by atoms with Crippen molar-refractivity contribution in [3.63, 3.8) is 0 Å². The van der Waals surface area contributed by atoms with E-state index in [1.54, 1.807) is 7.11 Å². The molecule has 0 spiro atoms. The number of likely N-dealkylation sites (tertiary alicyclic amines) is 1. The van der Waals surface area contributed by atoms with Crippen LogP contribution in [0.3, 0.4) is 0 Å². The molecule has 0 aliphatic carbocycles. The fourth-order valence-electron chi connectivity index (χ4n) is 3.87. The summed E-state index contributed by atoms with van der Waals surface area (Å²) in [5, 5.41) is 7.74. The van der Waals surface area contributed by atoms with Crippen molar-refractivity contribution in [2.24, 2.45) is 12.0 Å². The van der Waals surface area contributed by atoms with Crippen molar-refractivity contribution in [3.05, 3.63) is 18.0 Å². The minimum absolute atomic E-state index is 0.0426. The predicted octanol–water partition coefficient (Wildman–Crippen LogP) is 0.870. The lowest BCUT2D eigenvalue weighted by atomic mass is 10.1. The van der Waals surface area contributed by atoms with Gasteiger partial charge in [0.25, 0.3) is 0 Å². The van der Waals surface area contributed by atoms with Crippen LogP contribution in [0, 0.1) is 0 Å². The van der Waals surface area contributed by atoms with Crippen LogP contribution in [0.4, 0.5) is 0 Å². The number of morpholine rings is 1. The van der Waals surface area contributed by atoms with Crippen molar-refractivity contribution in [3.8, 4) is 0 Å². The van der Waals surface area contributed by atoms with E-state index in [1.165, 1.54) is 12.8 Å². The highest BCUT2D eigenvalue weighted by molar-refractivity contribution is 5.80. The zero-order valence-electron chi connectivity index (χ0n) is 16.9. The number of aryl methyl sites for hydroxylation is 1. The smallest absolute Gasteiger partial charge is 0.194 e. The van der Waals surface area contributed by atoms with E-state index < -0.39 is 0 Å². The number of hydrogen-bond acceptors (Lipinski definition) is 5. The SMILES string of the molecule is CCNC(=NCC1CCCN1CCOC)N1CCOC(c2cnn(C)c2)C1. The van der Waals surface area contributed by atoms with Gasteiger partial charge in [0.1, 0.15) is 6.10 Å². The van der Waals surface area contributed by atoms with Gasteiger partial charge in [-0.05, 0) is 26.3 Å². The van der Waals surface area contributed by atoms with Gasteiger partial charge in [-0.2, -0.15) is 5.10 Å². The van der Waals surface area contributed by atoms with Gasteiger partial charge >= 0.3 is 0 Å². The molecule has 1 N–H and O–H groups in total. The molecule has 0 saturated carbocycles. The molecule has 1 aromatic rings. The van der Waals surface area contributed by atoms with Gasteiger partial charge < -0.3 is 19.7 Å². The van der Waals surface area contributed by atoms with Crippen LogP contribution in [-0.2, 0) is 16.5 Å². The lowest BCUT2D eigenvalue weighted by Gasteiger charge is -2.35. The van der Waals surface area contributed by atoms with Crippen LogP contribution in [0.25, 0.3) is 0 Å². The Morgan fingerprint density at radius 3 is 3.07 bits per heavy atom. The van der Waals surface area contributed by atoms with E-state index in [4.69, 9.17) is 14.5 Å². The number of nitrogens with zero attached hydrogens (tertiary/aromatic N) is 5. The van der Waals surface area contributed by atoms with Gasteiger partial charge in [-0.25, -0.2) is 0 Å². The first kappa shape index (κ1) is 20.1.